The Hall–Kier alpha value is -2.72. The van der Waals surface area contributed by atoms with Crippen molar-refractivity contribution in [1.29, 1.82) is 0 Å². The molecule has 1 saturated heterocycles. The van der Waals surface area contributed by atoms with Gasteiger partial charge in [-0.3, -0.25) is 14.3 Å². The summed E-state index contributed by atoms with van der Waals surface area (Å²) >= 11 is 1.51. The number of aromatic amines is 1. The second-order valence-corrected chi connectivity index (χ2v) is 8.22. The van der Waals surface area contributed by atoms with Gasteiger partial charge in [0.1, 0.15) is 5.82 Å². The summed E-state index contributed by atoms with van der Waals surface area (Å²) < 4.78 is 7.54. The molecule has 2 aromatic heterocycles. The average Bonchev–Trinajstić information content (AvgIpc) is 3.21. The quantitative estimate of drug-likeness (QED) is 0.433. The number of para-hydroxylation sites is 2. The molecule has 1 fully saturated rings. The molecule has 10 heteroatoms. The van der Waals surface area contributed by atoms with E-state index in [2.05, 4.69) is 29.6 Å². The number of hydrogen-bond acceptors (Lipinski definition) is 7. The molecule has 1 aliphatic rings. The molecular weight excluding hydrogens is 448 g/mol. The van der Waals surface area contributed by atoms with E-state index >= 15 is 0 Å². The molecule has 0 amide bonds. The largest absolute Gasteiger partial charge is 0.379 e. The van der Waals surface area contributed by atoms with Gasteiger partial charge >= 0.3 is 0 Å². The van der Waals surface area contributed by atoms with Crippen LogP contribution in [0, 0.1) is 0 Å². The van der Waals surface area contributed by atoms with Gasteiger partial charge in [-0.15, -0.1) is 22.6 Å². The normalized spacial score (nSPS) is 14.4. The smallest absolute Gasteiger partial charge is 0.258 e. The predicted molar refractivity (Wildman–Crippen MR) is 127 cm³/mol. The third-order valence-electron chi connectivity index (χ3n) is 5.18. The van der Waals surface area contributed by atoms with Gasteiger partial charge in [0.15, 0.2) is 11.0 Å². The van der Waals surface area contributed by atoms with Gasteiger partial charge in [-0.1, -0.05) is 42.1 Å². The lowest BCUT2D eigenvalue weighted by Crippen LogP contribution is -2.36. The van der Waals surface area contributed by atoms with Crippen molar-refractivity contribution in [3.05, 3.63) is 76.6 Å². The minimum absolute atomic E-state index is 0. The van der Waals surface area contributed by atoms with E-state index in [4.69, 9.17) is 4.74 Å². The number of benzene rings is 2. The van der Waals surface area contributed by atoms with Gasteiger partial charge in [-0.25, -0.2) is 4.98 Å². The lowest BCUT2D eigenvalue weighted by molar-refractivity contribution is 0.0328. The average molecular weight is 471 g/mol. The zero-order chi connectivity index (χ0) is 21.0. The lowest BCUT2D eigenvalue weighted by Gasteiger charge is -2.26. The Kier molecular flexibility index (Phi) is 7.21. The number of rotatable bonds is 6. The van der Waals surface area contributed by atoms with Crippen LogP contribution in [-0.4, -0.2) is 55.9 Å². The van der Waals surface area contributed by atoms with Gasteiger partial charge in [0.25, 0.3) is 5.56 Å². The van der Waals surface area contributed by atoms with Crippen LogP contribution in [0.2, 0.25) is 0 Å². The van der Waals surface area contributed by atoms with Crippen molar-refractivity contribution in [2.45, 2.75) is 17.5 Å². The number of halogens is 1. The zero-order valence-electron chi connectivity index (χ0n) is 17.3. The van der Waals surface area contributed by atoms with Crippen molar-refractivity contribution in [3.8, 4) is 5.69 Å². The monoisotopic (exact) mass is 470 g/mol. The maximum atomic E-state index is 12.4. The van der Waals surface area contributed by atoms with E-state index in [0.29, 0.717) is 29.0 Å². The fourth-order valence-corrected chi connectivity index (χ4v) is 4.47. The zero-order valence-corrected chi connectivity index (χ0v) is 18.9. The van der Waals surface area contributed by atoms with Crippen LogP contribution in [0.25, 0.3) is 16.6 Å². The highest BCUT2D eigenvalue weighted by atomic mass is 35.5. The summed E-state index contributed by atoms with van der Waals surface area (Å²) in [6, 6.07) is 17.5. The van der Waals surface area contributed by atoms with E-state index in [9.17, 15) is 4.79 Å². The molecule has 5 rings (SSSR count). The fourth-order valence-electron chi connectivity index (χ4n) is 3.63. The Bertz CT molecular complexity index is 1240. The first kappa shape index (κ1) is 22.5. The van der Waals surface area contributed by atoms with Crippen molar-refractivity contribution in [2.24, 2.45) is 0 Å². The molecule has 0 radical (unpaired) electrons. The SMILES string of the molecule is Cl.O=c1[nH]c(CSc2nnc(CN3CCOCC3)n2-c2ccccc2)nc2ccccc12. The van der Waals surface area contributed by atoms with Crippen molar-refractivity contribution >= 4 is 35.1 Å². The molecule has 3 heterocycles. The summed E-state index contributed by atoms with van der Waals surface area (Å²) in [6.45, 7) is 3.94. The van der Waals surface area contributed by atoms with Crippen molar-refractivity contribution in [1.82, 2.24) is 29.6 Å². The first-order valence-electron chi connectivity index (χ1n) is 10.2. The van der Waals surface area contributed by atoms with Gasteiger partial charge in [-0.2, -0.15) is 0 Å². The summed E-state index contributed by atoms with van der Waals surface area (Å²) in [5.41, 5.74) is 1.58. The molecule has 1 aliphatic heterocycles. The second kappa shape index (κ2) is 10.3. The molecule has 4 aromatic rings. The molecule has 0 saturated carbocycles. The Balaban J connectivity index is 0.00000245. The van der Waals surface area contributed by atoms with Crippen molar-refractivity contribution in [2.75, 3.05) is 26.3 Å². The molecule has 0 aliphatic carbocycles. The Labute approximate surface area is 195 Å². The highest BCUT2D eigenvalue weighted by Gasteiger charge is 2.19. The van der Waals surface area contributed by atoms with Crippen LogP contribution in [0.15, 0.2) is 64.5 Å². The number of hydrogen-bond donors (Lipinski definition) is 1. The molecule has 1 N–H and O–H groups in total. The standard InChI is InChI=1S/C22H22N6O2S.ClH/c29-21-17-8-4-5-9-18(17)23-19(24-21)15-31-22-26-25-20(14-27-10-12-30-13-11-27)28(22)16-6-2-1-3-7-16;/h1-9H,10-15H2,(H,23,24,29);1H. The first-order chi connectivity index (χ1) is 15.3. The van der Waals surface area contributed by atoms with Gasteiger partial charge in [0.05, 0.1) is 36.4 Å². The van der Waals surface area contributed by atoms with Crippen LogP contribution in [0.4, 0.5) is 0 Å². The lowest BCUT2D eigenvalue weighted by atomic mass is 10.2. The molecule has 32 heavy (non-hydrogen) atoms. The van der Waals surface area contributed by atoms with E-state index in [0.717, 1.165) is 43.0 Å². The number of H-pyrrole nitrogens is 1. The van der Waals surface area contributed by atoms with Crippen LogP contribution in [0.1, 0.15) is 11.6 Å². The van der Waals surface area contributed by atoms with E-state index in [-0.39, 0.29) is 18.0 Å². The van der Waals surface area contributed by atoms with Crippen LogP contribution >= 0.6 is 24.2 Å². The maximum absolute atomic E-state index is 12.4. The van der Waals surface area contributed by atoms with Gasteiger partial charge < -0.3 is 9.72 Å². The number of morpholine rings is 1. The highest BCUT2D eigenvalue weighted by Crippen LogP contribution is 2.25. The maximum Gasteiger partial charge on any atom is 0.258 e. The third-order valence-corrected chi connectivity index (χ3v) is 6.12. The molecule has 166 valence electrons. The Morgan fingerprint density at radius 3 is 2.56 bits per heavy atom. The predicted octanol–water partition coefficient (Wildman–Crippen LogP) is 3.05. The number of aromatic nitrogens is 5. The number of nitrogens with zero attached hydrogens (tertiary/aromatic N) is 5. The summed E-state index contributed by atoms with van der Waals surface area (Å²) in [7, 11) is 0. The molecule has 0 spiro atoms. The van der Waals surface area contributed by atoms with E-state index < -0.39 is 0 Å². The van der Waals surface area contributed by atoms with Crippen LogP contribution in [-0.2, 0) is 17.0 Å². The summed E-state index contributed by atoms with van der Waals surface area (Å²) in [5.74, 6) is 1.99. The molecule has 2 aromatic carbocycles. The van der Waals surface area contributed by atoms with Crippen LogP contribution in [0.5, 0.6) is 0 Å². The van der Waals surface area contributed by atoms with Crippen molar-refractivity contribution in [3.63, 3.8) is 0 Å². The summed E-state index contributed by atoms with van der Waals surface area (Å²) in [6.07, 6.45) is 0. The number of nitrogens with one attached hydrogen (secondary N) is 1. The molecular formula is C22H23ClN6O2S. The Morgan fingerprint density at radius 2 is 1.75 bits per heavy atom. The number of thioether (sulfide) groups is 1. The van der Waals surface area contributed by atoms with Crippen LogP contribution < -0.4 is 5.56 Å². The third kappa shape index (κ3) is 4.86. The first-order valence-corrected chi connectivity index (χ1v) is 11.2. The molecule has 0 bridgehead atoms. The van der Waals surface area contributed by atoms with E-state index in [1.54, 1.807) is 6.07 Å². The number of fused-ring (bicyclic) bond motifs is 1. The van der Waals surface area contributed by atoms with E-state index in [1.807, 2.05) is 48.5 Å². The molecule has 8 nitrogen and oxygen atoms in total. The highest BCUT2D eigenvalue weighted by molar-refractivity contribution is 7.98. The second-order valence-electron chi connectivity index (χ2n) is 7.28. The summed E-state index contributed by atoms with van der Waals surface area (Å²) in [4.78, 5) is 22.2. The fraction of sp³-hybridized carbons (Fsp3) is 0.273. The van der Waals surface area contributed by atoms with Gasteiger partial charge in [0, 0.05) is 18.8 Å². The van der Waals surface area contributed by atoms with Gasteiger partial charge in [-0.05, 0) is 24.3 Å². The van der Waals surface area contributed by atoms with Crippen molar-refractivity contribution < 1.29 is 4.74 Å². The number of ether oxygens (including phenoxy) is 1. The summed E-state index contributed by atoms with van der Waals surface area (Å²) in [5, 5.41) is 10.3. The molecule has 0 atom stereocenters. The molecule has 0 unspecified atom stereocenters. The topological polar surface area (TPSA) is 88.9 Å². The Morgan fingerprint density at radius 1 is 1.00 bits per heavy atom. The minimum Gasteiger partial charge on any atom is -0.379 e. The van der Waals surface area contributed by atoms with Gasteiger partial charge in [0.2, 0.25) is 0 Å². The minimum atomic E-state index is -0.126. The van der Waals surface area contributed by atoms with E-state index in [1.165, 1.54) is 11.8 Å². The van der Waals surface area contributed by atoms with Crippen LogP contribution in [0.3, 0.4) is 0 Å².